The van der Waals surface area contributed by atoms with E-state index in [2.05, 4.69) is 4.72 Å². The molecular formula is C12H17FN2O2S. The van der Waals surface area contributed by atoms with Gasteiger partial charge in [-0.05, 0) is 37.5 Å². The molecule has 1 fully saturated rings. The molecule has 0 spiro atoms. The average Bonchev–Trinajstić information content (AvgIpc) is 2.77. The van der Waals surface area contributed by atoms with E-state index in [0.717, 1.165) is 25.7 Å². The number of nitrogen functional groups attached to an aromatic ring is 1. The molecule has 0 saturated heterocycles. The number of aryl methyl sites for hydroxylation is 1. The summed E-state index contributed by atoms with van der Waals surface area (Å²) in [6.45, 7) is 1.50. The van der Waals surface area contributed by atoms with Crippen LogP contribution in [0, 0.1) is 12.7 Å². The van der Waals surface area contributed by atoms with E-state index in [1.54, 1.807) is 0 Å². The molecule has 6 heteroatoms. The number of hydrogen-bond donors (Lipinski definition) is 2. The summed E-state index contributed by atoms with van der Waals surface area (Å²) in [5.41, 5.74) is 5.56. The van der Waals surface area contributed by atoms with Crippen LogP contribution in [0.4, 0.5) is 10.1 Å². The third kappa shape index (κ3) is 2.64. The Kier molecular flexibility index (Phi) is 3.59. The summed E-state index contributed by atoms with van der Waals surface area (Å²) >= 11 is 0. The predicted octanol–water partition coefficient (Wildman–Crippen LogP) is 1.94. The Morgan fingerprint density at radius 2 is 1.94 bits per heavy atom. The third-order valence-corrected chi connectivity index (χ3v) is 4.74. The molecule has 1 aromatic rings. The maximum atomic E-state index is 13.4. The number of nitrogens with two attached hydrogens (primary N) is 1. The van der Waals surface area contributed by atoms with Gasteiger partial charge in [0.25, 0.3) is 0 Å². The molecule has 0 heterocycles. The predicted molar refractivity (Wildman–Crippen MR) is 68.1 cm³/mol. The SMILES string of the molecule is Cc1cc(S(=O)(=O)NC2CCCC2)cc(N)c1F. The second kappa shape index (κ2) is 4.85. The largest absolute Gasteiger partial charge is 0.396 e. The van der Waals surface area contributed by atoms with Gasteiger partial charge < -0.3 is 5.73 Å². The molecule has 1 aliphatic carbocycles. The van der Waals surface area contributed by atoms with Crippen LogP contribution in [-0.4, -0.2) is 14.5 Å². The topological polar surface area (TPSA) is 72.2 Å². The molecule has 3 N–H and O–H groups in total. The van der Waals surface area contributed by atoms with Gasteiger partial charge in [-0.2, -0.15) is 0 Å². The van der Waals surface area contributed by atoms with E-state index in [1.165, 1.54) is 19.1 Å². The monoisotopic (exact) mass is 272 g/mol. The molecular weight excluding hydrogens is 255 g/mol. The highest BCUT2D eigenvalue weighted by molar-refractivity contribution is 7.89. The van der Waals surface area contributed by atoms with Gasteiger partial charge >= 0.3 is 0 Å². The van der Waals surface area contributed by atoms with Gasteiger partial charge in [0.15, 0.2) is 0 Å². The van der Waals surface area contributed by atoms with Crippen LogP contribution in [0.25, 0.3) is 0 Å². The highest BCUT2D eigenvalue weighted by Crippen LogP contribution is 2.23. The molecule has 2 rings (SSSR count). The van der Waals surface area contributed by atoms with Gasteiger partial charge in [0.2, 0.25) is 10.0 Å². The van der Waals surface area contributed by atoms with E-state index < -0.39 is 15.8 Å². The van der Waals surface area contributed by atoms with Crippen LogP contribution in [0.1, 0.15) is 31.2 Å². The van der Waals surface area contributed by atoms with Crippen molar-refractivity contribution in [2.45, 2.75) is 43.5 Å². The molecule has 0 radical (unpaired) electrons. The lowest BCUT2D eigenvalue weighted by Crippen LogP contribution is -2.32. The first-order valence-corrected chi connectivity index (χ1v) is 7.46. The Labute approximate surface area is 106 Å². The summed E-state index contributed by atoms with van der Waals surface area (Å²) < 4.78 is 40.2. The lowest BCUT2D eigenvalue weighted by atomic mass is 10.2. The molecule has 1 saturated carbocycles. The highest BCUT2D eigenvalue weighted by Gasteiger charge is 2.23. The van der Waals surface area contributed by atoms with Crippen LogP contribution in [0.2, 0.25) is 0 Å². The van der Waals surface area contributed by atoms with Gasteiger partial charge in [0.1, 0.15) is 5.82 Å². The van der Waals surface area contributed by atoms with Crippen molar-refractivity contribution in [2.75, 3.05) is 5.73 Å². The summed E-state index contributed by atoms with van der Waals surface area (Å²) in [4.78, 5) is 0.0331. The van der Waals surface area contributed by atoms with Gasteiger partial charge in [-0.25, -0.2) is 17.5 Å². The van der Waals surface area contributed by atoms with Crippen molar-refractivity contribution in [3.8, 4) is 0 Å². The normalized spacial score (nSPS) is 17.2. The van der Waals surface area contributed by atoms with E-state index in [0.29, 0.717) is 0 Å². The Morgan fingerprint density at radius 3 is 2.50 bits per heavy atom. The number of benzene rings is 1. The first-order chi connectivity index (χ1) is 8.40. The number of anilines is 1. The van der Waals surface area contributed by atoms with Crippen LogP contribution in [0.5, 0.6) is 0 Å². The number of nitrogens with one attached hydrogen (secondary N) is 1. The minimum absolute atomic E-state index is 0.0124. The van der Waals surface area contributed by atoms with Crippen LogP contribution < -0.4 is 10.5 Å². The molecule has 0 bridgehead atoms. The molecule has 18 heavy (non-hydrogen) atoms. The Bertz CT molecular complexity index is 528. The van der Waals surface area contributed by atoms with Crippen molar-refractivity contribution >= 4 is 15.7 Å². The summed E-state index contributed by atoms with van der Waals surface area (Å²) in [5.74, 6) is -0.560. The van der Waals surface area contributed by atoms with Gasteiger partial charge in [-0.3, -0.25) is 0 Å². The van der Waals surface area contributed by atoms with Crippen molar-refractivity contribution in [3.63, 3.8) is 0 Å². The van der Waals surface area contributed by atoms with Crippen molar-refractivity contribution in [1.29, 1.82) is 0 Å². The Hall–Kier alpha value is -1.14. The van der Waals surface area contributed by atoms with Crippen LogP contribution >= 0.6 is 0 Å². The molecule has 100 valence electrons. The fourth-order valence-corrected chi connectivity index (χ4v) is 3.67. The van der Waals surface area contributed by atoms with E-state index in [4.69, 9.17) is 5.73 Å². The molecule has 0 amide bonds. The quantitative estimate of drug-likeness (QED) is 0.826. The zero-order valence-electron chi connectivity index (χ0n) is 10.2. The van der Waals surface area contributed by atoms with E-state index in [9.17, 15) is 12.8 Å². The molecule has 0 aliphatic heterocycles. The first kappa shape index (κ1) is 13.3. The fraction of sp³-hybridized carbons (Fsp3) is 0.500. The summed E-state index contributed by atoms with van der Waals surface area (Å²) in [6, 6.07) is 2.46. The number of rotatable bonds is 3. The van der Waals surface area contributed by atoms with E-state index >= 15 is 0 Å². The fourth-order valence-electron chi connectivity index (χ4n) is 2.25. The maximum Gasteiger partial charge on any atom is 0.240 e. The summed E-state index contributed by atoms with van der Waals surface area (Å²) in [5, 5.41) is 0. The van der Waals surface area contributed by atoms with Gasteiger partial charge in [-0.15, -0.1) is 0 Å². The highest BCUT2D eigenvalue weighted by atomic mass is 32.2. The smallest absolute Gasteiger partial charge is 0.240 e. The molecule has 0 atom stereocenters. The maximum absolute atomic E-state index is 13.4. The van der Waals surface area contributed by atoms with Gasteiger partial charge in [0, 0.05) is 6.04 Å². The second-order valence-corrected chi connectivity index (χ2v) is 6.46. The van der Waals surface area contributed by atoms with Gasteiger partial charge in [0.05, 0.1) is 10.6 Å². The van der Waals surface area contributed by atoms with Crippen molar-refractivity contribution < 1.29 is 12.8 Å². The number of sulfonamides is 1. The van der Waals surface area contributed by atoms with Crippen molar-refractivity contribution in [1.82, 2.24) is 4.72 Å². The molecule has 1 aromatic carbocycles. The van der Waals surface area contributed by atoms with Gasteiger partial charge in [-0.1, -0.05) is 12.8 Å². The molecule has 1 aliphatic rings. The minimum Gasteiger partial charge on any atom is -0.396 e. The van der Waals surface area contributed by atoms with E-state index in [-0.39, 0.29) is 22.2 Å². The standard InChI is InChI=1S/C12H17FN2O2S/c1-8-6-10(7-11(14)12(8)13)18(16,17)15-9-4-2-3-5-9/h6-7,9,15H,2-5,14H2,1H3. The minimum atomic E-state index is -3.60. The lowest BCUT2D eigenvalue weighted by molar-refractivity contribution is 0.551. The molecule has 0 unspecified atom stereocenters. The summed E-state index contributed by atoms with van der Waals surface area (Å²) in [6.07, 6.45) is 3.79. The number of halogens is 1. The lowest BCUT2D eigenvalue weighted by Gasteiger charge is -2.13. The second-order valence-electron chi connectivity index (χ2n) is 4.75. The third-order valence-electron chi connectivity index (χ3n) is 3.24. The molecule has 4 nitrogen and oxygen atoms in total. The zero-order valence-corrected chi connectivity index (χ0v) is 11.1. The Balaban J connectivity index is 2.29. The summed E-state index contributed by atoms with van der Waals surface area (Å²) in [7, 11) is -3.60. The van der Waals surface area contributed by atoms with Crippen molar-refractivity contribution in [2.24, 2.45) is 0 Å². The van der Waals surface area contributed by atoms with Crippen LogP contribution in [0.3, 0.4) is 0 Å². The average molecular weight is 272 g/mol. The molecule has 0 aromatic heterocycles. The first-order valence-electron chi connectivity index (χ1n) is 5.98. The van der Waals surface area contributed by atoms with Crippen molar-refractivity contribution in [3.05, 3.63) is 23.5 Å². The van der Waals surface area contributed by atoms with Crippen LogP contribution in [-0.2, 0) is 10.0 Å². The van der Waals surface area contributed by atoms with Crippen LogP contribution in [0.15, 0.2) is 17.0 Å². The zero-order chi connectivity index (χ0) is 13.3. The van der Waals surface area contributed by atoms with E-state index in [1.807, 2.05) is 0 Å². The Morgan fingerprint density at radius 1 is 1.33 bits per heavy atom. The number of hydrogen-bond acceptors (Lipinski definition) is 3.